The van der Waals surface area contributed by atoms with Crippen LogP contribution in [0.5, 0.6) is 0 Å². The zero-order valence-corrected chi connectivity index (χ0v) is 9.53. The van der Waals surface area contributed by atoms with Crippen LogP contribution in [0.1, 0.15) is 11.1 Å². The molecule has 0 bridgehead atoms. The number of benzene rings is 1. The van der Waals surface area contributed by atoms with Crippen LogP contribution in [0.25, 0.3) is 0 Å². The first-order valence-corrected chi connectivity index (χ1v) is 5.31. The Kier molecular flexibility index (Phi) is 5.53. The molecule has 0 fully saturated rings. The first kappa shape index (κ1) is 12.7. The Morgan fingerprint density at radius 3 is 3.00 bits per heavy atom. The van der Waals surface area contributed by atoms with Crippen LogP contribution in [0.3, 0.4) is 0 Å². The lowest BCUT2D eigenvalue weighted by atomic mass is 10.1. The maximum absolute atomic E-state index is 10.4. The number of hydrogen-bond acceptors (Lipinski definition) is 3. The Morgan fingerprint density at radius 2 is 2.31 bits per heavy atom. The number of amides is 1. The van der Waals surface area contributed by atoms with Gasteiger partial charge in [0.25, 0.3) is 0 Å². The van der Waals surface area contributed by atoms with E-state index in [1.165, 1.54) is 11.1 Å². The van der Waals surface area contributed by atoms with Crippen molar-refractivity contribution in [3.05, 3.63) is 35.4 Å². The summed E-state index contributed by atoms with van der Waals surface area (Å²) in [6.07, 6.45) is 0. The van der Waals surface area contributed by atoms with Gasteiger partial charge in [0.15, 0.2) is 0 Å². The second-order valence-electron chi connectivity index (χ2n) is 3.68. The van der Waals surface area contributed by atoms with E-state index >= 15 is 0 Å². The van der Waals surface area contributed by atoms with Gasteiger partial charge in [-0.2, -0.15) is 0 Å². The Bertz CT molecular complexity index is 340. The lowest BCUT2D eigenvalue weighted by Crippen LogP contribution is -2.23. The zero-order chi connectivity index (χ0) is 11.8. The average molecular weight is 222 g/mol. The van der Waals surface area contributed by atoms with Crippen LogP contribution in [0.4, 0.5) is 0 Å². The minimum Gasteiger partial charge on any atom is -0.370 e. The second-order valence-corrected chi connectivity index (χ2v) is 3.68. The van der Waals surface area contributed by atoms with Gasteiger partial charge >= 0.3 is 0 Å². The number of carbonyl (C=O) groups excluding carboxylic acids is 1. The molecule has 1 aromatic carbocycles. The van der Waals surface area contributed by atoms with Gasteiger partial charge in [-0.1, -0.05) is 29.8 Å². The molecular weight excluding hydrogens is 204 g/mol. The van der Waals surface area contributed by atoms with Gasteiger partial charge in [-0.3, -0.25) is 4.79 Å². The number of carbonyl (C=O) groups is 1. The largest absolute Gasteiger partial charge is 0.370 e. The summed E-state index contributed by atoms with van der Waals surface area (Å²) in [5.74, 6) is -0.432. The van der Waals surface area contributed by atoms with Gasteiger partial charge in [0.05, 0.1) is 6.61 Å². The predicted molar refractivity (Wildman–Crippen MR) is 62.9 cm³/mol. The highest BCUT2D eigenvalue weighted by Gasteiger charge is 1.95. The van der Waals surface area contributed by atoms with Crippen molar-refractivity contribution in [2.24, 2.45) is 5.73 Å². The minimum absolute atomic E-state index is 0.00781. The summed E-state index contributed by atoms with van der Waals surface area (Å²) >= 11 is 0. The van der Waals surface area contributed by atoms with Crippen molar-refractivity contribution in [2.45, 2.75) is 13.5 Å². The van der Waals surface area contributed by atoms with Crippen LogP contribution >= 0.6 is 0 Å². The molecule has 0 saturated heterocycles. The van der Waals surface area contributed by atoms with E-state index in [1.54, 1.807) is 0 Å². The number of nitrogens with two attached hydrogens (primary N) is 1. The highest BCUT2D eigenvalue weighted by molar-refractivity contribution is 5.74. The minimum atomic E-state index is -0.432. The Labute approximate surface area is 95.8 Å². The van der Waals surface area contributed by atoms with Gasteiger partial charge in [0.1, 0.15) is 6.61 Å². The smallest absolute Gasteiger partial charge is 0.243 e. The van der Waals surface area contributed by atoms with Crippen molar-refractivity contribution >= 4 is 5.91 Å². The molecule has 0 aliphatic heterocycles. The van der Waals surface area contributed by atoms with E-state index in [0.29, 0.717) is 13.2 Å². The maximum Gasteiger partial charge on any atom is 0.243 e. The molecule has 4 nitrogen and oxygen atoms in total. The molecule has 0 spiro atoms. The summed E-state index contributed by atoms with van der Waals surface area (Å²) in [5.41, 5.74) is 7.43. The van der Waals surface area contributed by atoms with Gasteiger partial charge < -0.3 is 15.8 Å². The summed E-state index contributed by atoms with van der Waals surface area (Å²) in [6, 6.07) is 8.32. The SMILES string of the molecule is Cc1cccc(CNCCOCC(N)=O)c1. The van der Waals surface area contributed by atoms with Crippen LogP contribution in [0, 0.1) is 6.92 Å². The Hall–Kier alpha value is -1.39. The van der Waals surface area contributed by atoms with Gasteiger partial charge in [-0.15, -0.1) is 0 Å². The van der Waals surface area contributed by atoms with Crippen molar-refractivity contribution in [3.8, 4) is 0 Å². The highest BCUT2D eigenvalue weighted by atomic mass is 16.5. The van der Waals surface area contributed by atoms with Gasteiger partial charge in [-0.05, 0) is 12.5 Å². The Balaban J connectivity index is 2.09. The fourth-order valence-electron chi connectivity index (χ4n) is 1.37. The molecule has 0 heterocycles. The van der Waals surface area contributed by atoms with E-state index in [0.717, 1.165) is 6.54 Å². The summed E-state index contributed by atoms with van der Waals surface area (Å²) in [5, 5.41) is 3.23. The summed E-state index contributed by atoms with van der Waals surface area (Å²) in [7, 11) is 0. The number of nitrogens with one attached hydrogen (secondary N) is 1. The van der Waals surface area contributed by atoms with E-state index < -0.39 is 5.91 Å². The summed E-state index contributed by atoms with van der Waals surface area (Å²) in [4.78, 5) is 10.4. The maximum atomic E-state index is 10.4. The van der Waals surface area contributed by atoms with E-state index in [1.807, 2.05) is 6.07 Å². The molecule has 1 rings (SSSR count). The molecule has 0 atom stereocenters. The fraction of sp³-hybridized carbons (Fsp3) is 0.417. The number of aryl methyl sites for hydroxylation is 1. The molecule has 0 aliphatic rings. The van der Waals surface area contributed by atoms with Crippen LogP contribution in [0.15, 0.2) is 24.3 Å². The second kappa shape index (κ2) is 6.98. The van der Waals surface area contributed by atoms with Crippen LogP contribution in [-0.4, -0.2) is 25.7 Å². The van der Waals surface area contributed by atoms with Gasteiger partial charge in [0, 0.05) is 13.1 Å². The van der Waals surface area contributed by atoms with Gasteiger partial charge in [0.2, 0.25) is 5.91 Å². The summed E-state index contributed by atoms with van der Waals surface area (Å²) in [6.45, 7) is 4.07. The van der Waals surface area contributed by atoms with Crippen molar-refractivity contribution in [2.75, 3.05) is 19.8 Å². The molecular formula is C12H18N2O2. The van der Waals surface area contributed by atoms with Crippen molar-refractivity contribution in [1.29, 1.82) is 0 Å². The van der Waals surface area contributed by atoms with E-state index in [2.05, 4.69) is 30.4 Å². The zero-order valence-electron chi connectivity index (χ0n) is 9.53. The first-order valence-electron chi connectivity index (χ1n) is 5.31. The molecule has 4 heteroatoms. The quantitative estimate of drug-likeness (QED) is 0.663. The molecule has 0 aliphatic carbocycles. The summed E-state index contributed by atoms with van der Waals surface area (Å²) < 4.78 is 5.02. The van der Waals surface area contributed by atoms with Gasteiger partial charge in [-0.25, -0.2) is 0 Å². The van der Waals surface area contributed by atoms with E-state index in [4.69, 9.17) is 10.5 Å². The first-order chi connectivity index (χ1) is 7.68. The molecule has 0 radical (unpaired) electrons. The third-order valence-electron chi connectivity index (χ3n) is 2.08. The van der Waals surface area contributed by atoms with E-state index in [-0.39, 0.29) is 6.61 Å². The monoisotopic (exact) mass is 222 g/mol. The molecule has 0 saturated carbocycles. The third kappa shape index (κ3) is 5.48. The number of hydrogen-bond donors (Lipinski definition) is 2. The topological polar surface area (TPSA) is 64.3 Å². The molecule has 1 amide bonds. The highest BCUT2D eigenvalue weighted by Crippen LogP contribution is 2.02. The van der Waals surface area contributed by atoms with Crippen molar-refractivity contribution in [1.82, 2.24) is 5.32 Å². The molecule has 3 N–H and O–H groups in total. The van der Waals surface area contributed by atoms with Crippen molar-refractivity contribution in [3.63, 3.8) is 0 Å². The van der Waals surface area contributed by atoms with Crippen LogP contribution in [-0.2, 0) is 16.1 Å². The normalized spacial score (nSPS) is 10.3. The molecule has 1 aromatic rings. The number of primary amides is 1. The average Bonchev–Trinajstić information content (AvgIpc) is 2.23. The number of ether oxygens (including phenoxy) is 1. The fourth-order valence-corrected chi connectivity index (χ4v) is 1.37. The Morgan fingerprint density at radius 1 is 1.50 bits per heavy atom. The lowest BCUT2D eigenvalue weighted by molar-refractivity contribution is -0.122. The molecule has 0 aromatic heterocycles. The molecule has 16 heavy (non-hydrogen) atoms. The van der Waals surface area contributed by atoms with Crippen LogP contribution < -0.4 is 11.1 Å². The number of rotatable bonds is 7. The van der Waals surface area contributed by atoms with Crippen LogP contribution in [0.2, 0.25) is 0 Å². The van der Waals surface area contributed by atoms with E-state index in [9.17, 15) is 4.79 Å². The third-order valence-corrected chi connectivity index (χ3v) is 2.08. The molecule has 0 unspecified atom stereocenters. The predicted octanol–water partition coefficient (Wildman–Crippen LogP) is 0.587. The molecule has 88 valence electrons. The lowest BCUT2D eigenvalue weighted by Gasteiger charge is -2.05. The van der Waals surface area contributed by atoms with Crippen molar-refractivity contribution < 1.29 is 9.53 Å². The standard InChI is InChI=1S/C12H18N2O2/c1-10-3-2-4-11(7-10)8-14-5-6-16-9-12(13)15/h2-4,7,14H,5-6,8-9H2,1H3,(H2,13,15).